The summed E-state index contributed by atoms with van der Waals surface area (Å²) in [6.07, 6.45) is 5.53. The molecule has 0 bridgehead atoms. The highest BCUT2D eigenvalue weighted by atomic mass is 32.2. The zero-order valence-corrected chi connectivity index (χ0v) is 22.4. The van der Waals surface area contributed by atoms with Crippen molar-refractivity contribution in [3.8, 4) is 6.07 Å². The van der Waals surface area contributed by atoms with E-state index in [9.17, 15) is 14.9 Å². The molecule has 3 rings (SSSR count). The Balaban J connectivity index is 2.16. The van der Waals surface area contributed by atoms with Crippen LogP contribution in [-0.2, 0) is 11.3 Å². The van der Waals surface area contributed by atoms with Gasteiger partial charge in [-0.1, -0.05) is 57.6 Å². The molecule has 2 aliphatic heterocycles. The van der Waals surface area contributed by atoms with Crippen molar-refractivity contribution >= 4 is 46.1 Å². The Kier molecular flexibility index (Phi) is 9.34. The highest BCUT2D eigenvalue weighted by Crippen LogP contribution is 2.36. The van der Waals surface area contributed by atoms with Crippen molar-refractivity contribution in [1.82, 2.24) is 14.4 Å². The fraction of sp³-hybridized carbons (Fsp3) is 0.600. The van der Waals surface area contributed by atoms with Gasteiger partial charge in [-0.2, -0.15) is 5.26 Å². The number of carbonyl (C=O) groups is 1. The lowest BCUT2D eigenvalue weighted by Crippen LogP contribution is -2.48. The molecule has 3 heterocycles. The fourth-order valence-electron chi connectivity index (χ4n) is 4.42. The second-order valence-electron chi connectivity index (χ2n) is 8.77. The number of piperazine rings is 1. The number of likely N-dealkylation sites (N-methyl/N-ethyl adjacent to an activating group) is 1. The van der Waals surface area contributed by atoms with Gasteiger partial charge in [0.25, 0.3) is 11.5 Å². The summed E-state index contributed by atoms with van der Waals surface area (Å²) >= 11 is 6.81. The Morgan fingerprint density at radius 1 is 1.06 bits per heavy atom. The van der Waals surface area contributed by atoms with E-state index < -0.39 is 0 Å². The number of pyridine rings is 1. The van der Waals surface area contributed by atoms with E-state index >= 15 is 0 Å². The Labute approximate surface area is 212 Å². The van der Waals surface area contributed by atoms with Gasteiger partial charge in [0.15, 0.2) is 0 Å². The van der Waals surface area contributed by atoms with Gasteiger partial charge in [-0.3, -0.25) is 19.1 Å². The zero-order valence-electron chi connectivity index (χ0n) is 20.7. The fourth-order valence-corrected chi connectivity index (χ4v) is 5.71. The predicted octanol–water partition coefficient (Wildman–Crippen LogP) is 3.97. The zero-order chi connectivity index (χ0) is 24.8. The van der Waals surface area contributed by atoms with Crippen LogP contribution >= 0.6 is 24.0 Å². The van der Waals surface area contributed by atoms with E-state index in [0.29, 0.717) is 27.9 Å². The van der Waals surface area contributed by atoms with E-state index in [4.69, 9.17) is 12.2 Å². The summed E-state index contributed by atoms with van der Waals surface area (Å²) in [5.74, 6) is 0.735. The SMILES string of the molecule is CCCCN1C(=O)/C(=C/c2c(C)c(C#N)c(=O)n(CCCC)c2N2CCN(CC)CC2)SC1=S. The molecule has 34 heavy (non-hydrogen) atoms. The molecule has 184 valence electrons. The van der Waals surface area contributed by atoms with Crippen molar-refractivity contribution in [2.24, 2.45) is 0 Å². The van der Waals surface area contributed by atoms with E-state index in [0.717, 1.165) is 69.8 Å². The minimum Gasteiger partial charge on any atom is -0.355 e. The van der Waals surface area contributed by atoms with Gasteiger partial charge in [0.1, 0.15) is 21.8 Å². The quantitative estimate of drug-likeness (QED) is 0.374. The number of aromatic nitrogens is 1. The highest BCUT2D eigenvalue weighted by Gasteiger charge is 2.33. The molecule has 0 atom stereocenters. The third-order valence-electron chi connectivity index (χ3n) is 6.59. The van der Waals surface area contributed by atoms with Crippen molar-refractivity contribution in [2.75, 3.05) is 44.2 Å². The van der Waals surface area contributed by atoms with E-state index in [2.05, 4.69) is 36.6 Å². The number of thioether (sulfide) groups is 1. The largest absolute Gasteiger partial charge is 0.355 e. The standard InChI is InChI=1S/C25H35N5O2S2/c1-5-8-10-29-22(28-14-12-27(7-3)13-15-28)19(18(4)20(17-26)23(29)31)16-21-24(32)30(11-9-6-2)25(33)34-21/h16H,5-15H2,1-4H3/b21-16-. The number of hydrogen-bond donors (Lipinski definition) is 0. The van der Waals surface area contributed by atoms with Gasteiger partial charge in [0.05, 0.1) is 4.91 Å². The average molecular weight is 502 g/mol. The van der Waals surface area contributed by atoms with Crippen LogP contribution in [0.25, 0.3) is 6.08 Å². The van der Waals surface area contributed by atoms with Crippen molar-refractivity contribution < 1.29 is 4.79 Å². The molecule has 2 saturated heterocycles. The lowest BCUT2D eigenvalue weighted by Gasteiger charge is -2.37. The average Bonchev–Trinajstić information content (AvgIpc) is 3.11. The number of thiocarbonyl (C=S) groups is 1. The van der Waals surface area contributed by atoms with Crippen LogP contribution in [0.5, 0.6) is 0 Å². The number of carbonyl (C=O) groups excluding carboxylic acids is 1. The van der Waals surface area contributed by atoms with Crippen LogP contribution in [-0.4, -0.2) is 63.9 Å². The molecule has 0 radical (unpaired) electrons. The maximum atomic E-state index is 13.4. The smallest absolute Gasteiger partial charge is 0.270 e. The summed E-state index contributed by atoms with van der Waals surface area (Å²) in [6.45, 7) is 13.7. The van der Waals surface area contributed by atoms with Crippen LogP contribution in [0.15, 0.2) is 9.70 Å². The second kappa shape index (κ2) is 12.0. The van der Waals surface area contributed by atoms with Crippen LogP contribution < -0.4 is 10.5 Å². The highest BCUT2D eigenvalue weighted by molar-refractivity contribution is 8.26. The molecule has 0 unspecified atom stereocenters. The number of nitriles is 1. The number of anilines is 1. The van der Waals surface area contributed by atoms with Crippen LogP contribution in [0.4, 0.5) is 5.82 Å². The molecule has 2 aliphatic rings. The topological polar surface area (TPSA) is 72.6 Å². The molecule has 0 saturated carbocycles. The van der Waals surface area contributed by atoms with Gasteiger partial charge in [-0.05, 0) is 37.9 Å². The lowest BCUT2D eigenvalue weighted by molar-refractivity contribution is -0.122. The summed E-state index contributed by atoms with van der Waals surface area (Å²) in [5, 5.41) is 9.83. The van der Waals surface area contributed by atoms with Gasteiger partial charge in [0.2, 0.25) is 0 Å². The van der Waals surface area contributed by atoms with Crippen LogP contribution in [0.2, 0.25) is 0 Å². The van der Waals surface area contributed by atoms with E-state index in [1.165, 1.54) is 11.8 Å². The van der Waals surface area contributed by atoms with Crippen LogP contribution in [0, 0.1) is 18.3 Å². The second-order valence-corrected chi connectivity index (χ2v) is 10.4. The Morgan fingerprint density at radius 2 is 1.71 bits per heavy atom. The molecular weight excluding hydrogens is 466 g/mol. The predicted molar refractivity (Wildman–Crippen MR) is 144 cm³/mol. The first-order valence-corrected chi connectivity index (χ1v) is 13.5. The molecule has 2 fully saturated rings. The summed E-state index contributed by atoms with van der Waals surface area (Å²) in [6, 6.07) is 2.13. The summed E-state index contributed by atoms with van der Waals surface area (Å²) in [5.41, 5.74) is 1.33. The Bertz CT molecular complexity index is 1060. The normalized spacial score (nSPS) is 18.3. The minimum absolute atomic E-state index is 0.0885. The van der Waals surface area contributed by atoms with E-state index in [1.54, 1.807) is 9.47 Å². The first-order valence-electron chi connectivity index (χ1n) is 12.3. The van der Waals surface area contributed by atoms with Gasteiger partial charge < -0.3 is 9.80 Å². The molecule has 0 aliphatic carbocycles. The number of hydrogen-bond acceptors (Lipinski definition) is 7. The monoisotopic (exact) mass is 501 g/mol. The molecule has 0 N–H and O–H groups in total. The molecule has 1 amide bonds. The number of nitrogens with zero attached hydrogens (tertiary/aromatic N) is 5. The molecule has 9 heteroatoms. The molecule has 0 aromatic carbocycles. The minimum atomic E-state index is -0.242. The summed E-state index contributed by atoms with van der Waals surface area (Å²) < 4.78 is 2.33. The molecule has 1 aromatic rings. The maximum Gasteiger partial charge on any atom is 0.270 e. The molecule has 1 aromatic heterocycles. The third-order valence-corrected chi connectivity index (χ3v) is 7.96. The summed E-state index contributed by atoms with van der Waals surface area (Å²) in [7, 11) is 0. The van der Waals surface area contributed by atoms with Crippen molar-refractivity contribution in [2.45, 2.75) is 59.9 Å². The third kappa shape index (κ3) is 5.40. The molecule has 7 nitrogen and oxygen atoms in total. The van der Waals surface area contributed by atoms with Gasteiger partial charge in [0, 0.05) is 44.8 Å². The van der Waals surface area contributed by atoms with Crippen molar-refractivity contribution in [3.05, 3.63) is 31.9 Å². The number of amides is 1. The lowest BCUT2D eigenvalue weighted by atomic mass is 10.0. The number of rotatable bonds is 9. The summed E-state index contributed by atoms with van der Waals surface area (Å²) in [4.78, 5) is 33.4. The van der Waals surface area contributed by atoms with E-state index in [1.807, 2.05) is 13.0 Å². The first-order chi connectivity index (χ1) is 16.4. The van der Waals surface area contributed by atoms with E-state index in [-0.39, 0.29) is 17.0 Å². The molecular formula is C25H35N5O2S2. The van der Waals surface area contributed by atoms with Gasteiger partial charge in [-0.25, -0.2) is 0 Å². The Hall–Kier alpha value is -2.15. The first kappa shape index (κ1) is 26.5. The van der Waals surface area contributed by atoms with Crippen LogP contribution in [0.1, 0.15) is 63.1 Å². The van der Waals surface area contributed by atoms with Crippen molar-refractivity contribution in [1.29, 1.82) is 5.26 Å². The maximum absolute atomic E-state index is 13.4. The van der Waals surface area contributed by atoms with Gasteiger partial charge >= 0.3 is 0 Å². The number of unbranched alkanes of at least 4 members (excludes halogenated alkanes) is 2. The molecule has 0 spiro atoms. The van der Waals surface area contributed by atoms with Crippen molar-refractivity contribution in [3.63, 3.8) is 0 Å². The van der Waals surface area contributed by atoms with Crippen LogP contribution in [0.3, 0.4) is 0 Å². The Morgan fingerprint density at radius 3 is 2.29 bits per heavy atom. The van der Waals surface area contributed by atoms with Gasteiger partial charge in [-0.15, -0.1) is 0 Å².